The molecule has 2 rings (SSSR count). The average Bonchev–Trinajstić information content (AvgIpc) is 3.08. The number of rotatable bonds is 7. The van der Waals surface area contributed by atoms with Gasteiger partial charge in [0.1, 0.15) is 5.76 Å². The van der Waals surface area contributed by atoms with Crippen molar-refractivity contribution in [3.05, 3.63) is 22.6 Å². The largest absolute Gasteiger partial charge is 0.453 e. The normalized spacial score (nSPS) is 17.6. The lowest BCUT2D eigenvalue weighted by atomic mass is 10.1. The number of furan rings is 1. The summed E-state index contributed by atoms with van der Waals surface area (Å²) < 4.78 is 6.46. The Bertz CT molecular complexity index is 349. The van der Waals surface area contributed by atoms with Crippen LogP contribution in [0.25, 0.3) is 0 Å². The zero-order valence-electron chi connectivity index (χ0n) is 10.4. The number of hydrogen-bond acceptors (Lipinski definition) is 3. The topological polar surface area (TPSA) is 42.4 Å². The van der Waals surface area contributed by atoms with Crippen molar-refractivity contribution in [2.75, 3.05) is 13.1 Å². The molecular weight excluding hydrogens is 280 g/mol. The summed E-state index contributed by atoms with van der Waals surface area (Å²) >= 11 is 3.36. The van der Waals surface area contributed by atoms with Crippen LogP contribution in [0.5, 0.6) is 0 Å². The highest BCUT2D eigenvalue weighted by Gasteiger charge is 2.34. The summed E-state index contributed by atoms with van der Waals surface area (Å²) in [4.78, 5) is 2.52. The maximum absolute atomic E-state index is 5.94. The molecule has 0 aliphatic heterocycles. The molecule has 1 saturated carbocycles. The molecule has 1 atom stereocenters. The molecule has 4 heteroatoms. The number of halogens is 1. The number of hydrogen-bond donors (Lipinski definition) is 1. The van der Waals surface area contributed by atoms with Crippen LogP contribution in [-0.4, -0.2) is 24.0 Å². The quantitative estimate of drug-likeness (QED) is 0.840. The minimum atomic E-state index is 0.236. The van der Waals surface area contributed by atoms with Gasteiger partial charge in [-0.05, 0) is 53.9 Å². The predicted octanol–water partition coefficient (Wildman–Crippen LogP) is 3.31. The summed E-state index contributed by atoms with van der Waals surface area (Å²) in [5.41, 5.74) is 5.94. The van der Waals surface area contributed by atoms with E-state index in [1.807, 2.05) is 12.1 Å². The number of nitrogens with two attached hydrogens (primary N) is 1. The van der Waals surface area contributed by atoms with Crippen LogP contribution >= 0.6 is 15.9 Å². The van der Waals surface area contributed by atoms with E-state index in [9.17, 15) is 0 Å². The molecule has 0 radical (unpaired) electrons. The second-order valence-electron chi connectivity index (χ2n) is 4.72. The van der Waals surface area contributed by atoms with E-state index in [4.69, 9.17) is 10.2 Å². The maximum Gasteiger partial charge on any atom is 0.169 e. The van der Waals surface area contributed by atoms with E-state index in [0.717, 1.165) is 23.0 Å². The standard InChI is InChI=1S/C13H21BrN2O/c1-2-3-8-16(10-4-5-10)11(9-15)12-6-7-13(14)17-12/h6-7,10-11H,2-5,8-9,15H2,1H3. The molecule has 96 valence electrons. The van der Waals surface area contributed by atoms with Crippen molar-refractivity contribution in [1.82, 2.24) is 4.90 Å². The van der Waals surface area contributed by atoms with Gasteiger partial charge >= 0.3 is 0 Å². The molecule has 0 amide bonds. The summed E-state index contributed by atoms with van der Waals surface area (Å²) in [5.74, 6) is 0.988. The van der Waals surface area contributed by atoms with Crippen LogP contribution in [-0.2, 0) is 0 Å². The zero-order valence-corrected chi connectivity index (χ0v) is 11.9. The first-order valence-electron chi connectivity index (χ1n) is 6.47. The maximum atomic E-state index is 5.94. The smallest absolute Gasteiger partial charge is 0.169 e. The lowest BCUT2D eigenvalue weighted by Gasteiger charge is -2.29. The summed E-state index contributed by atoms with van der Waals surface area (Å²) in [5, 5.41) is 0. The molecule has 0 aromatic carbocycles. The SMILES string of the molecule is CCCCN(C1CC1)C(CN)c1ccc(Br)o1. The highest BCUT2D eigenvalue weighted by atomic mass is 79.9. The van der Waals surface area contributed by atoms with Gasteiger partial charge in [-0.1, -0.05) is 13.3 Å². The summed E-state index contributed by atoms with van der Waals surface area (Å²) in [6.07, 6.45) is 5.07. The second kappa shape index (κ2) is 6.03. The first-order chi connectivity index (χ1) is 8.26. The summed E-state index contributed by atoms with van der Waals surface area (Å²) in [6, 6.07) is 4.94. The first kappa shape index (κ1) is 13.1. The van der Waals surface area contributed by atoms with Crippen molar-refractivity contribution < 1.29 is 4.42 Å². The van der Waals surface area contributed by atoms with Gasteiger partial charge in [0.15, 0.2) is 4.67 Å². The van der Waals surface area contributed by atoms with E-state index in [2.05, 4.69) is 27.8 Å². The van der Waals surface area contributed by atoms with Gasteiger partial charge in [-0.3, -0.25) is 4.90 Å². The molecule has 1 aliphatic rings. The molecule has 0 bridgehead atoms. The molecule has 1 aliphatic carbocycles. The van der Waals surface area contributed by atoms with Gasteiger partial charge in [0, 0.05) is 12.6 Å². The molecule has 3 nitrogen and oxygen atoms in total. The summed E-state index contributed by atoms with van der Waals surface area (Å²) in [7, 11) is 0. The van der Waals surface area contributed by atoms with Crippen LogP contribution < -0.4 is 5.73 Å². The Balaban J connectivity index is 2.08. The lowest BCUT2D eigenvalue weighted by Crippen LogP contribution is -2.36. The van der Waals surface area contributed by atoms with Crippen LogP contribution in [0.3, 0.4) is 0 Å². The van der Waals surface area contributed by atoms with Crippen LogP contribution in [0.1, 0.15) is 44.4 Å². The molecule has 2 N–H and O–H groups in total. The monoisotopic (exact) mass is 300 g/mol. The van der Waals surface area contributed by atoms with Gasteiger partial charge in [0.25, 0.3) is 0 Å². The van der Waals surface area contributed by atoms with Gasteiger partial charge in [0.05, 0.1) is 6.04 Å². The van der Waals surface area contributed by atoms with Gasteiger partial charge in [0.2, 0.25) is 0 Å². The Labute approximate surface area is 111 Å². The molecule has 1 aromatic rings. The van der Waals surface area contributed by atoms with Crippen LogP contribution in [0.2, 0.25) is 0 Å². The molecule has 0 spiro atoms. The highest BCUT2D eigenvalue weighted by Crippen LogP contribution is 2.35. The molecular formula is C13H21BrN2O. The van der Waals surface area contributed by atoms with Crippen molar-refractivity contribution in [1.29, 1.82) is 0 Å². The van der Waals surface area contributed by atoms with E-state index in [1.165, 1.54) is 25.7 Å². The van der Waals surface area contributed by atoms with Crippen LogP contribution in [0.4, 0.5) is 0 Å². The Morgan fingerprint density at radius 3 is 2.76 bits per heavy atom. The Morgan fingerprint density at radius 1 is 1.53 bits per heavy atom. The van der Waals surface area contributed by atoms with Crippen molar-refractivity contribution in [3.63, 3.8) is 0 Å². The predicted molar refractivity (Wildman–Crippen MR) is 72.8 cm³/mol. The minimum Gasteiger partial charge on any atom is -0.453 e. The van der Waals surface area contributed by atoms with Crippen molar-refractivity contribution in [2.45, 2.75) is 44.7 Å². The van der Waals surface area contributed by atoms with Crippen molar-refractivity contribution in [3.8, 4) is 0 Å². The van der Waals surface area contributed by atoms with E-state index in [-0.39, 0.29) is 6.04 Å². The third-order valence-electron chi connectivity index (χ3n) is 3.33. The van der Waals surface area contributed by atoms with Gasteiger partial charge in [-0.25, -0.2) is 0 Å². The molecule has 17 heavy (non-hydrogen) atoms. The highest BCUT2D eigenvalue weighted by molar-refractivity contribution is 9.10. The van der Waals surface area contributed by atoms with Crippen molar-refractivity contribution >= 4 is 15.9 Å². The van der Waals surface area contributed by atoms with E-state index >= 15 is 0 Å². The van der Waals surface area contributed by atoms with E-state index in [0.29, 0.717) is 6.54 Å². The zero-order chi connectivity index (χ0) is 12.3. The lowest BCUT2D eigenvalue weighted by molar-refractivity contribution is 0.166. The summed E-state index contributed by atoms with van der Waals surface area (Å²) in [6.45, 7) is 3.98. The Kier molecular flexibility index (Phi) is 4.65. The Hall–Kier alpha value is -0.320. The van der Waals surface area contributed by atoms with Crippen LogP contribution in [0.15, 0.2) is 21.2 Å². The minimum absolute atomic E-state index is 0.236. The number of unbranched alkanes of at least 4 members (excludes halogenated alkanes) is 1. The fourth-order valence-corrected chi connectivity index (χ4v) is 2.58. The van der Waals surface area contributed by atoms with E-state index < -0.39 is 0 Å². The third kappa shape index (κ3) is 3.33. The van der Waals surface area contributed by atoms with Gasteiger partial charge < -0.3 is 10.2 Å². The molecule has 1 heterocycles. The Morgan fingerprint density at radius 2 is 2.29 bits per heavy atom. The molecule has 1 unspecified atom stereocenters. The van der Waals surface area contributed by atoms with Gasteiger partial charge in [-0.15, -0.1) is 0 Å². The fourth-order valence-electron chi connectivity index (χ4n) is 2.26. The third-order valence-corrected chi connectivity index (χ3v) is 3.76. The first-order valence-corrected chi connectivity index (χ1v) is 7.26. The molecule has 1 aromatic heterocycles. The van der Waals surface area contributed by atoms with Gasteiger partial charge in [-0.2, -0.15) is 0 Å². The second-order valence-corrected chi connectivity index (χ2v) is 5.50. The van der Waals surface area contributed by atoms with Crippen LogP contribution in [0, 0.1) is 0 Å². The molecule has 1 fully saturated rings. The van der Waals surface area contributed by atoms with E-state index in [1.54, 1.807) is 0 Å². The fraction of sp³-hybridized carbons (Fsp3) is 0.692. The number of nitrogens with zero attached hydrogens (tertiary/aromatic N) is 1. The van der Waals surface area contributed by atoms with Crippen molar-refractivity contribution in [2.24, 2.45) is 5.73 Å². The average molecular weight is 301 g/mol. The molecule has 0 saturated heterocycles.